The van der Waals surface area contributed by atoms with E-state index >= 15 is 0 Å². The van der Waals surface area contributed by atoms with Gasteiger partial charge in [-0.25, -0.2) is 13.4 Å². The summed E-state index contributed by atoms with van der Waals surface area (Å²) in [6.45, 7) is 13.0. The molecule has 0 fully saturated rings. The molecular weight excluding hydrogens is 492 g/mol. The number of fused-ring (bicyclic) bond motifs is 1. The number of benzene rings is 2. The van der Waals surface area contributed by atoms with E-state index in [1.165, 1.54) is 39.9 Å². The van der Waals surface area contributed by atoms with E-state index in [1.807, 2.05) is 27.1 Å². The molecule has 1 aromatic heterocycles. The van der Waals surface area contributed by atoms with Crippen molar-refractivity contribution in [3.8, 4) is 0 Å². The Bertz CT molecular complexity index is 1340. The first-order valence-electron chi connectivity index (χ1n) is 11.7. The second-order valence-electron chi connectivity index (χ2n) is 8.96. The molecule has 192 valence electrons. The van der Waals surface area contributed by atoms with Gasteiger partial charge in [-0.2, -0.15) is 4.31 Å². The maximum absolute atomic E-state index is 13.6. The molecule has 0 spiro atoms. The van der Waals surface area contributed by atoms with Crippen LogP contribution < -0.4 is 4.90 Å². The molecule has 0 saturated carbocycles. The number of rotatable bonds is 12. The van der Waals surface area contributed by atoms with Crippen LogP contribution in [0.25, 0.3) is 10.2 Å². The van der Waals surface area contributed by atoms with Gasteiger partial charge in [-0.1, -0.05) is 29.6 Å². The lowest BCUT2D eigenvalue weighted by Crippen LogP contribution is -2.33. The van der Waals surface area contributed by atoms with Gasteiger partial charge < -0.3 is 4.90 Å². The molecule has 36 heavy (non-hydrogen) atoms. The number of carbonyl (C=O) groups is 1. The SMILES string of the molecule is C=CCN(CC=C)S(=O)(=O)c1ccc(C(=O)N(CCCN(C)C)c2nc3cc(C)cc(C)c3s2)cc1. The van der Waals surface area contributed by atoms with Gasteiger partial charge in [0, 0.05) is 25.2 Å². The van der Waals surface area contributed by atoms with E-state index in [9.17, 15) is 13.2 Å². The Balaban J connectivity index is 1.94. The fourth-order valence-corrected chi connectivity index (χ4v) is 6.36. The Kier molecular flexibility index (Phi) is 9.19. The summed E-state index contributed by atoms with van der Waals surface area (Å²) in [7, 11) is 0.254. The molecule has 2 aromatic carbocycles. The zero-order valence-electron chi connectivity index (χ0n) is 21.4. The van der Waals surface area contributed by atoms with Crippen molar-refractivity contribution in [1.29, 1.82) is 0 Å². The van der Waals surface area contributed by atoms with E-state index in [0.29, 0.717) is 17.2 Å². The van der Waals surface area contributed by atoms with Gasteiger partial charge in [0.25, 0.3) is 5.91 Å². The number of nitrogens with zero attached hydrogens (tertiary/aromatic N) is 4. The number of sulfonamides is 1. The molecule has 0 aliphatic heterocycles. The first kappa shape index (κ1) is 27.7. The summed E-state index contributed by atoms with van der Waals surface area (Å²) < 4.78 is 28.4. The monoisotopic (exact) mass is 526 g/mol. The summed E-state index contributed by atoms with van der Waals surface area (Å²) in [6.07, 6.45) is 3.84. The fraction of sp³-hybridized carbons (Fsp3) is 0.333. The molecule has 0 aliphatic carbocycles. The summed E-state index contributed by atoms with van der Waals surface area (Å²) in [4.78, 5) is 22.3. The van der Waals surface area contributed by atoms with Crippen molar-refractivity contribution in [2.45, 2.75) is 25.2 Å². The first-order valence-corrected chi connectivity index (χ1v) is 14.0. The van der Waals surface area contributed by atoms with Crippen LogP contribution in [0.3, 0.4) is 0 Å². The van der Waals surface area contributed by atoms with E-state index < -0.39 is 10.0 Å². The molecule has 1 heterocycles. The van der Waals surface area contributed by atoms with Crippen LogP contribution in [0.5, 0.6) is 0 Å². The van der Waals surface area contributed by atoms with Crippen molar-refractivity contribution in [2.24, 2.45) is 0 Å². The lowest BCUT2D eigenvalue weighted by molar-refractivity contribution is 0.0986. The minimum atomic E-state index is -3.74. The van der Waals surface area contributed by atoms with Crippen LogP contribution in [0.2, 0.25) is 0 Å². The number of carbonyl (C=O) groups excluding carboxylic acids is 1. The van der Waals surface area contributed by atoms with Crippen molar-refractivity contribution in [3.63, 3.8) is 0 Å². The number of hydrogen-bond acceptors (Lipinski definition) is 6. The van der Waals surface area contributed by atoms with Gasteiger partial charge in [0.15, 0.2) is 5.13 Å². The molecule has 0 unspecified atom stereocenters. The summed E-state index contributed by atoms with van der Waals surface area (Å²) >= 11 is 1.50. The Labute approximate surface area is 218 Å². The molecular formula is C27H34N4O3S2. The highest BCUT2D eigenvalue weighted by Gasteiger charge is 2.25. The largest absolute Gasteiger partial charge is 0.309 e. The maximum atomic E-state index is 13.6. The molecule has 0 aliphatic rings. The van der Waals surface area contributed by atoms with Gasteiger partial charge in [-0.05, 0) is 82.4 Å². The third kappa shape index (κ3) is 6.28. The molecule has 0 N–H and O–H groups in total. The minimum Gasteiger partial charge on any atom is -0.309 e. The zero-order valence-corrected chi connectivity index (χ0v) is 23.0. The number of thiazole rings is 1. The van der Waals surface area contributed by atoms with Crippen molar-refractivity contribution >= 4 is 42.6 Å². The summed E-state index contributed by atoms with van der Waals surface area (Å²) in [5.41, 5.74) is 3.54. The fourth-order valence-electron chi connectivity index (χ4n) is 3.94. The smallest absolute Gasteiger partial charge is 0.260 e. The van der Waals surface area contributed by atoms with Crippen LogP contribution in [0.4, 0.5) is 5.13 Å². The van der Waals surface area contributed by atoms with Crippen LogP contribution in [0.15, 0.2) is 66.6 Å². The highest BCUT2D eigenvalue weighted by molar-refractivity contribution is 7.89. The van der Waals surface area contributed by atoms with Crippen LogP contribution in [-0.2, 0) is 10.0 Å². The van der Waals surface area contributed by atoms with E-state index in [1.54, 1.807) is 17.0 Å². The Morgan fingerprint density at radius 1 is 1.03 bits per heavy atom. The number of amides is 1. The lowest BCUT2D eigenvalue weighted by atomic mass is 10.1. The summed E-state index contributed by atoms with van der Waals surface area (Å²) in [5.74, 6) is -0.208. The molecule has 9 heteroatoms. The standard InChI is InChI=1S/C27H34N4O3S2/c1-7-14-30(15-8-2)36(33,34)23-12-10-22(11-13-23)26(32)31(17-9-16-29(5)6)27-28-24-19-20(3)18-21(4)25(24)35-27/h7-8,10-13,18-19H,1-2,9,14-17H2,3-6H3. The second kappa shape index (κ2) is 11.9. The maximum Gasteiger partial charge on any atom is 0.260 e. The molecule has 0 radical (unpaired) electrons. The van der Waals surface area contributed by atoms with Gasteiger partial charge in [0.2, 0.25) is 10.0 Å². The minimum absolute atomic E-state index is 0.119. The zero-order chi connectivity index (χ0) is 26.5. The van der Waals surface area contributed by atoms with Crippen LogP contribution in [0.1, 0.15) is 27.9 Å². The van der Waals surface area contributed by atoms with Crippen LogP contribution >= 0.6 is 11.3 Å². The lowest BCUT2D eigenvalue weighted by Gasteiger charge is -2.22. The highest BCUT2D eigenvalue weighted by Crippen LogP contribution is 2.33. The van der Waals surface area contributed by atoms with Gasteiger partial charge in [-0.15, -0.1) is 13.2 Å². The van der Waals surface area contributed by atoms with Gasteiger partial charge >= 0.3 is 0 Å². The predicted octanol–water partition coefficient (Wildman–Crippen LogP) is 4.87. The highest BCUT2D eigenvalue weighted by atomic mass is 32.2. The number of anilines is 1. The topological polar surface area (TPSA) is 73.8 Å². The average Bonchev–Trinajstić information content (AvgIpc) is 3.25. The van der Waals surface area contributed by atoms with Crippen molar-refractivity contribution in [1.82, 2.24) is 14.2 Å². The van der Waals surface area contributed by atoms with Crippen LogP contribution in [0, 0.1) is 13.8 Å². The average molecular weight is 527 g/mol. The first-order chi connectivity index (χ1) is 17.1. The quantitative estimate of drug-likeness (QED) is 0.315. The van der Waals surface area contributed by atoms with Crippen molar-refractivity contribution in [3.05, 3.63) is 78.4 Å². The van der Waals surface area contributed by atoms with Crippen molar-refractivity contribution in [2.75, 3.05) is 45.2 Å². The van der Waals surface area contributed by atoms with E-state index in [-0.39, 0.29) is 23.9 Å². The Morgan fingerprint density at radius 3 is 2.25 bits per heavy atom. The second-order valence-corrected chi connectivity index (χ2v) is 11.9. The number of aromatic nitrogens is 1. The van der Waals surface area contributed by atoms with E-state index in [4.69, 9.17) is 4.98 Å². The normalized spacial score (nSPS) is 11.8. The van der Waals surface area contributed by atoms with Crippen LogP contribution in [-0.4, -0.2) is 68.8 Å². The van der Waals surface area contributed by atoms with Crippen molar-refractivity contribution < 1.29 is 13.2 Å². The van der Waals surface area contributed by atoms with Gasteiger partial charge in [-0.3, -0.25) is 9.69 Å². The Morgan fingerprint density at radius 2 is 1.67 bits per heavy atom. The molecule has 7 nitrogen and oxygen atoms in total. The summed E-state index contributed by atoms with van der Waals surface area (Å²) in [5, 5.41) is 0.641. The van der Waals surface area contributed by atoms with Gasteiger partial charge in [0.05, 0.1) is 15.1 Å². The molecule has 0 bridgehead atoms. The third-order valence-corrected chi connectivity index (χ3v) is 8.75. The number of hydrogen-bond donors (Lipinski definition) is 0. The summed E-state index contributed by atoms with van der Waals surface area (Å²) in [6, 6.07) is 10.2. The Hall–Kier alpha value is -2.85. The van der Waals surface area contributed by atoms with Gasteiger partial charge in [0.1, 0.15) is 0 Å². The molecule has 0 atom stereocenters. The van der Waals surface area contributed by atoms with E-state index in [2.05, 4.69) is 31.0 Å². The third-order valence-electron chi connectivity index (χ3n) is 5.68. The molecule has 3 aromatic rings. The molecule has 0 saturated heterocycles. The number of aryl methyl sites for hydroxylation is 2. The van der Waals surface area contributed by atoms with E-state index in [0.717, 1.165) is 34.3 Å². The predicted molar refractivity (Wildman–Crippen MR) is 150 cm³/mol. The molecule has 3 rings (SSSR count). The molecule has 1 amide bonds.